The highest BCUT2D eigenvalue weighted by Gasteiger charge is 2.21. The summed E-state index contributed by atoms with van der Waals surface area (Å²) in [4.78, 5) is 41.7. The second-order valence-corrected chi connectivity index (χ2v) is 8.03. The van der Waals surface area contributed by atoms with Gasteiger partial charge < -0.3 is 5.32 Å². The van der Waals surface area contributed by atoms with Gasteiger partial charge in [0, 0.05) is 7.05 Å². The van der Waals surface area contributed by atoms with E-state index >= 15 is 0 Å². The third-order valence-corrected chi connectivity index (χ3v) is 5.38. The van der Waals surface area contributed by atoms with E-state index in [-0.39, 0.29) is 5.56 Å². The van der Waals surface area contributed by atoms with Gasteiger partial charge in [0.05, 0.1) is 21.8 Å². The summed E-state index contributed by atoms with van der Waals surface area (Å²) < 4.78 is 1.52. The van der Waals surface area contributed by atoms with Gasteiger partial charge in [0.1, 0.15) is 0 Å². The molecule has 150 valence electrons. The van der Waals surface area contributed by atoms with Crippen LogP contribution < -0.4 is 16.2 Å². The maximum Gasteiger partial charge on any atom is 0.321 e. The lowest BCUT2D eigenvalue weighted by Crippen LogP contribution is -2.41. The van der Waals surface area contributed by atoms with E-state index in [1.54, 1.807) is 25.1 Å². The van der Waals surface area contributed by atoms with E-state index in [0.717, 1.165) is 22.9 Å². The monoisotopic (exact) mass is 410 g/mol. The van der Waals surface area contributed by atoms with Crippen molar-refractivity contribution in [2.45, 2.75) is 31.2 Å². The lowest BCUT2D eigenvalue weighted by atomic mass is 10.1. The molecule has 8 heteroatoms. The smallest absolute Gasteiger partial charge is 0.321 e. The Kier molecular flexibility index (Phi) is 6.03. The summed E-state index contributed by atoms with van der Waals surface area (Å²) in [5.41, 5.74) is 3.07. The molecule has 0 spiro atoms. The predicted molar refractivity (Wildman–Crippen MR) is 115 cm³/mol. The number of amides is 3. The lowest BCUT2D eigenvalue weighted by Gasteiger charge is -2.17. The van der Waals surface area contributed by atoms with Crippen molar-refractivity contribution in [3.8, 4) is 5.69 Å². The van der Waals surface area contributed by atoms with Crippen molar-refractivity contribution in [3.05, 3.63) is 63.9 Å². The first-order chi connectivity index (χ1) is 13.8. The number of nitrogens with one attached hydrogen (secondary N) is 2. The summed E-state index contributed by atoms with van der Waals surface area (Å²) in [7, 11) is 1.43. The van der Waals surface area contributed by atoms with Crippen molar-refractivity contribution in [3.63, 3.8) is 0 Å². The Morgan fingerprint density at radius 1 is 1.10 bits per heavy atom. The van der Waals surface area contributed by atoms with Crippen molar-refractivity contribution in [1.29, 1.82) is 0 Å². The van der Waals surface area contributed by atoms with Crippen molar-refractivity contribution >= 4 is 34.6 Å². The lowest BCUT2D eigenvalue weighted by molar-refractivity contribution is -0.119. The number of rotatable bonds is 4. The molecule has 1 heterocycles. The van der Waals surface area contributed by atoms with E-state index in [1.807, 2.05) is 38.1 Å². The maximum absolute atomic E-state index is 13.3. The van der Waals surface area contributed by atoms with Gasteiger partial charge in [-0.3, -0.25) is 19.5 Å². The van der Waals surface area contributed by atoms with E-state index in [4.69, 9.17) is 0 Å². The summed E-state index contributed by atoms with van der Waals surface area (Å²) in [6.45, 7) is 5.58. The molecular weight excluding hydrogens is 388 g/mol. The first-order valence-electron chi connectivity index (χ1n) is 9.10. The van der Waals surface area contributed by atoms with Crippen molar-refractivity contribution in [2.24, 2.45) is 0 Å². The molecule has 0 bridgehead atoms. The summed E-state index contributed by atoms with van der Waals surface area (Å²) in [5.74, 6) is -0.469. The van der Waals surface area contributed by atoms with E-state index in [0.29, 0.717) is 21.7 Å². The van der Waals surface area contributed by atoms with Crippen molar-refractivity contribution in [1.82, 2.24) is 20.2 Å². The van der Waals surface area contributed by atoms with Crippen LogP contribution in [0.15, 0.2) is 52.4 Å². The van der Waals surface area contributed by atoms with E-state index in [9.17, 15) is 14.4 Å². The molecule has 0 fully saturated rings. The van der Waals surface area contributed by atoms with E-state index in [2.05, 4.69) is 15.6 Å². The van der Waals surface area contributed by atoms with Gasteiger partial charge in [0.2, 0.25) is 5.91 Å². The molecule has 0 saturated carbocycles. The van der Waals surface area contributed by atoms with Gasteiger partial charge in [-0.1, -0.05) is 30.0 Å². The summed E-state index contributed by atoms with van der Waals surface area (Å²) in [6.07, 6.45) is 0. The largest absolute Gasteiger partial charge is 0.341 e. The molecule has 0 aliphatic rings. The van der Waals surface area contributed by atoms with Crippen LogP contribution in [0.3, 0.4) is 0 Å². The fourth-order valence-electron chi connectivity index (χ4n) is 2.99. The zero-order valence-electron chi connectivity index (χ0n) is 16.6. The molecule has 1 atom stereocenters. The molecule has 2 aromatic carbocycles. The van der Waals surface area contributed by atoms with Crippen molar-refractivity contribution in [2.75, 3.05) is 7.05 Å². The van der Waals surface area contributed by atoms with Crippen LogP contribution in [-0.2, 0) is 4.79 Å². The number of urea groups is 1. The third kappa shape index (κ3) is 4.48. The molecule has 7 nitrogen and oxygen atoms in total. The molecule has 3 aromatic rings. The Morgan fingerprint density at radius 3 is 2.41 bits per heavy atom. The van der Waals surface area contributed by atoms with E-state index in [1.165, 1.54) is 11.6 Å². The Bertz CT molecular complexity index is 1140. The van der Waals surface area contributed by atoms with Gasteiger partial charge in [-0.2, -0.15) is 0 Å². The number of nitrogens with zero attached hydrogens (tertiary/aromatic N) is 2. The van der Waals surface area contributed by atoms with Crippen molar-refractivity contribution < 1.29 is 9.59 Å². The molecule has 1 aromatic heterocycles. The average Bonchev–Trinajstić information content (AvgIpc) is 2.67. The highest BCUT2D eigenvalue weighted by Crippen LogP contribution is 2.26. The number of fused-ring (bicyclic) bond motifs is 1. The molecule has 0 aliphatic heterocycles. The molecule has 0 saturated heterocycles. The standard InChI is InChI=1S/C21H22N4O3S/c1-12-9-13(2)11-15(10-12)25-19(27)16-7-5-6-8-17(16)23-21(25)29-14(3)18(26)24-20(28)22-4/h5-11,14H,1-4H3,(H2,22,24,26,28)/t14-/m1/s1. The number of carbonyl (C=O) groups is 2. The number of benzene rings is 2. The summed E-state index contributed by atoms with van der Waals surface area (Å²) in [6, 6.07) is 12.4. The number of aromatic nitrogens is 2. The number of hydrogen-bond acceptors (Lipinski definition) is 5. The number of thioether (sulfide) groups is 1. The normalized spacial score (nSPS) is 11.9. The minimum absolute atomic E-state index is 0.206. The predicted octanol–water partition coefficient (Wildman–Crippen LogP) is 2.94. The minimum Gasteiger partial charge on any atom is -0.341 e. The van der Waals surface area contributed by atoms with Crippen LogP contribution in [0.5, 0.6) is 0 Å². The first kappa shape index (κ1) is 20.6. The number of imide groups is 1. The molecule has 2 N–H and O–H groups in total. The quantitative estimate of drug-likeness (QED) is 0.510. The van der Waals surface area contributed by atoms with Gasteiger partial charge >= 0.3 is 6.03 Å². The molecule has 0 radical (unpaired) electrons. The SMILES string of the molecule is CNC(=O)NC(=O)[C@@H](C)Sc1nc2ccccc2c(=O)n1-c1cc(C)cc(C)c1. The first-order valence-corrected chi connectivity index (χ1v) is 9.98. The topological polar surface area (TPSA) is 93.1 Å². The number of hydrogen-bond donors (Lipinski definition) is 2. The van der Waals surface area contributed by atoms with Crippen LogP contribution in [0.1, 0.15) is 18.1 Å². The maximum atomic E-state index is 13.3. The fraction of sp³-hybridized carbons (Fsp3) is 0.238. The number of carbonyl (C=O) groups excluding carboxylic acids is 2. The summed E-state index contributed by atoms with van der Waals surface area (Å²) in [5, 5.41) is 4.85. The van der Waals surface area contributed by atoms with Crippen LogP contribution in [0.4, 0.5) is 4.79 Å². The van der Waals surface area contributed by atoms with Crippen LogP contribution in [0, 0.1) is 13.8 Å². The highest BCUT2D eigenvalue weighted by atomic mass is 32.2. The van der Waals surface area contributed by atoms with Crippen LogP contribution in [-0.4, -0.2) is 33.8 Å². The second-order valence-electron chi connectivity index (χ2n) is 6.73. The molecular formula is C21H22N4O3S. The zero-order chi connectivity index (χ0) is 21.1. The van der Waals surface area contributed by atoms with Crippen LogP contribution >= 0.6 is 11.8 Å². The summed E-state index contributed by atoms with van der Waals surface area (Å²) >= 11 is 1.13. The molecule has 3 rings (SSSR count). The second kappa shape index (κ2) is 8.48. The van der Waals surface area contributed by atoms with Crippen LogP contribution in [0.25, 0.3) is 16.6 Å². The van der Waals surface area contributed by atoms with E-state index < -0.39 is 17.2 Å². The highest BCUT2D eigenvalue weighted by molar-refractivity contribution is 8.00. The zero-order valence-corrected chi connectivity index (χ0v) is 17.5. The average molecular weight is 410 g/mol. The van der Waals surface area contributed by atoms with Gasteiger partial charge in [-0.25, -0.2) is 9.78 Å². The van der Waals surface area contributed by atoms with Crippen LogP contribution in [0.2, 0.25) is 0 Å². The minimum atomic E-state index is -0.641. The van der Waals surface area contributed by atoms with Gasteiger partial charge in [-0.05, 0) is 56.2 Å². The number of para-hydroxylation sites is 1. The Labute approximate surface area is 172 Å². The molecule has 3 amide bonds. The van der Waals surface area contributed by atoms with Gasteiger partial charge in [0.25, 0.3) is 5.56 Å². The van der Waals surface area contributed by atoms with Gasteiger partial charge in [-0.15, -0.1) is 0 Å². The number of aryl methyl sites for hydroxylation is 2. The molecule has 0 unspecified atom stereocenters. The van der Waals surface area contributed by atoms with Gasteiger partial charge in [0.15, 0.2) is 5.16 Å². The molecule has 29 heavy (non-hydrogen) atoms. The Hall–Kier alpha value is -3.13. The fourth-order valence-corrected chi connectivity index (χ4v) is 3.91. The Balaban J connectivity index is 2.13. The third-order valence-electron chi connectivity index (χ3n) is 4.32. The Morgan fingerprint density at radius 2 is 1.76 bits per heavy atom. The molecule has 0 aliphatic carbocycles.